The van der Waals surface area contributed by atoms with Crippen LogP contribution >= 0.6 is 0 Å². The average molecular weight is 548 g/mol. The van der Waals surface area contributed by atoms with E-state index in [1.165, 1.54) is 17.3 Å². The van der Waals surface area contributed by atoms with Crippen LogP contribution in [0.25, 0.3) is 11.1 Å². The summed E-state index contributed by atoms with van der Waals surface area (Å²) in [6.45, 7) is 4.26. The van der Waals surface area contributed by atoms with Crippen LogP contribution in [0.15, 0.2) is 35.1 Å². The summed E-state index contributed by atoms with van der Waals surface area (Å²) in [5.74, 6) is -2.26. The van der Waals surface area contributed by atoms with Crippen molar-refractivity contribution in [1.29, 1.82) is 0 Å². The van der Waals surface area contributed by atoms with Gasteiger partial charge < -0.3 is 30.8 Å². The number of carbonyl (C=O) groups is 1. The van der Waals surface area contributed by atoms with Crippen molar-refractivity contribution in [3.05, 3.63) is 41.9 Å². The Morgan fingerprint density at radius 2 is 2.00 bits per heavy atom. The topological polar surface area (TPSA) is 136 Å². The lowest BCUT2D eigenvalue weighted by molar-refractivity contribution is -0.177. The standard InChI is InChI=1S/C26H32F3N7O3/c27-26(28,29)17-11-18(30)15-36(14-17)20-3-4-32-13-19(20)34-25(37)22-23-21(39-24(22)31)10-16(12-33-23)2-1-5-35-6-8-38-9-7-35/h3-4,10,12-13,17-18H,1-2,5-9,11,14-15,30-31H2,(H,34,37). The molecule has 3 aromatic heterocycles. The molecule has 0 saturated carbocycles. The smallest absolute Gasteiger partial charge is 0.393 e. The molecule has 2 unspecified atom stereocenters. The van der Waals surface area contributed by atoms with Gasteiger partial charge in [-0.25, -0.2) is 0 Å². The number of hydrogen-bond donors (Lipinski definition) is 3. The van der Waals surface area contributed by atoms with Crippen molar-refractivity contribution in [3.63, 3.8) is 0 Å². The molecule has 5 N–H and O–H groups in total. The Morgan fingerprint density at radius 3 is 2.77 bits per heavy atom. The van der Waals surface area contributed by atoms with E-state index in [4.69, 9.17) is 20.6 Å². The summed E-state index contributed by atoms with van der Waals surface area (Å²) in [6, 6.07) is 2.72. The predicted octanol–water partition coefficient (Wildman–Crippen LogP) is 3.04. The second kappa shape index (κ2) is 11.4. The van der Waals surface area contributed by atoms with E-state index in [0.717, 1.165) is 51.3 Å². The van der Waals surface area contributed by atoms with Gasteiger partial charge in [-0.2, -0.15) is 13.2 Å². The van der Waals surface area contributed by atoms with Crippen molar-refractivity contribution in [2.24, 2.45) is 11.7 Å². The van der Waals surface area contributed by atoms with Crippen LogP contribution in [0.4, 0.5) is 30.4 Å². The van der Waals surface area contributed by atoms with E-state index in [0.29, 0.717) is 16.8 Å². The van der Waals surface area contributed by atoms with Crippen molar-refractivity contribution in [1.82, 2.24) is 14.9 Å². The van der Waals surface area contributed by atoms with E-state index in [9.17, 15) is 18.0 Å². The van der Waals surface area contributed by atoms with Crippen molar-refractivity contribution in [3.8, 4) is 0 Å². The van der Waals surface area contributed by atoms with Crippen LogP contribution in [0.5, 0.6) is 0 Å². The minimum atomic E-state index is -4.37. The molecule has 2 aliphatic heterocycles. The number of piperidine rings is 1. The molecule has 5 heterocycles. The largest absolute Gasteiger partial charge is 0.438 e. The normalized spacial score (nSPS) is 20.9. The lowest BCUT2D eigenvalue weighted by Crippen LogP contribution is -2.51. The number of anilines is 3. The minimum absolute atomic E-state index is 0.0585. The summed E-state index contributed by atoms with van der Waals surface area (Å²) >= 11 is 0. The van der Waals surface area contributed by atoms with Gasteiger partial charge in [0.05, 0.1) is 36.7 Å². The van der Waals surface area contributed by atoms with Gasteiger partial charge in [0.25, 0.3) is 5.91 Å². The first-order valence-electron chi connectivity index (χ1n) is 13.0. The Hall–Kier alpha value is -3.42. The number of morpholine rings is 1. The molecule has 10 nitrogen and oxygen atoms in total. The highest BCUT2D eigenvalue weighted by atomic mass is 19.4. The molecule has 2 atom stereocenters. The van der Waals surface area contributed by atoms with E-state index >= 15 is 0 Å². The molecule has 3 aromatic rings. The number of nitrogens with zero attached hydrogens (tertiary/aromatic N) is 4. The third kappa shape index (κ3) is 6.26. The number of pyridine rings is 2. The summed E-state index contributed by atoms with van der Waals surface area (Å²) in [6.07, 6.45) is 1.75. The molecular weight excluding hydrogens is 515 g/mol. The Labute approximate surface area is 223 Å². The second-order valence-corrected chi connectivity index (χ2v) is 10.1. The number of amides is 1. The first-order chi connectivity index (χ1) is 18.7. The van der Waals surface area contributed by atoms with Gasteiger partial charge in [-0.05, 0) is 43.5 Å². The molecule has 0 spiro atoms. The van der Waals surface area contributed by atoms with Gasteiger partial charge in [-0.15, -0.1) is 0 Å². The molecular formula is C26H32F3N7O3. The van der Waals surface area contributed by atoms with E-state index < -0.39 is 24.0 Å². The fourth-order valence-electron chi connectivity index (χ4n) is 5.24. The van der Waals surface area contributed by atoms with E-state index in [2.05, 4.69) is 20.2 Å². The number of aromatic nitrogens is 2. The molecule has 2 fully saturated rings. The first-order valence-corrected chi connectivity index (χ1v) is 13.0. The SMILES string of the molecule is Nc1oc2cc(CCCN3CCOCC3)cnc2c1C(=O)Nc1cnccc1N1CC(N)CC(C(F)(F)F)C1. The number of ether oxygens (including phenoxy) is 1. The van der Waals surface area contributed by atoms with Gasteiger partial charge in [0.1, 0.15) is 11.1 Å². The van der Waals surface area contributed by atoms with Crippen molar-refractivity contribution in [2.45, 2.75) is 31.5 Å². The van der Waals surface area contributed by atoms with Crippen LogP contribution in [0.1, 0.15) is 28.8 Å². The summed E-state index contributed by atoms with van der Waals surface area (Å²) in [5.41, 5.74) is 14.4. The maximum absolute atomic E-state index is 13.5. The lowest BCUT2D eigenvalue weighted by atomic mass is 9.93. The molecule has 0 aromatic carbocycles. The zero-order valence-electron chi connectivity index (χ0n) is 21.4. The minimum Gasteiger partial charge on any atom is -0.438 e. The number of nitrogens with one attached hydrogen (secondary N) is 1. The quantitative estimate of drug-likeness (QED) is 0.408. The predicted molar refractivity (Wildman–Crippen MR) is 141 cm³/mol. The fraction of sp³-hybridized carbons (Fsp3) is 0.500. The van der Waals surface area contributed by atoms with Crippen molar-refractivity contribution in [2.75, 3.05) is 61.9 Å². The Morgan fingerprint density at radius 1 is 1.21 bits per heavy atom. The van der Waals surface area contributed by atoms with E-state index in [1.807, 2.05) is 6.07 Å². The molecule has 5 rings (SSSR count). The van der Waals surface area contributed by atoms with Crippen molar-refractivity contribution < 1.29 is 27.1 Å². The zero-order chi connectivity index (χ0) is 27.6. The number of fused-ring (bicyclic) bond motifs is 1. The molecule has 0 aliphatic carbocycles. The maximum atomic E-state index is 13.5. The fourth-order valence-corrected chi connectivity index (χ4v) is 5.24. The number of furan rings is 1. The number of nitrogens with two attached hydrogens (primary N) is 2. The molecule has 0 bridgehead atoms. The van der Waals surface area contributed by atoms with Crippen LogP contribution < -0.4 is 21.7 Å². The monoisotopic (exact) mass is 547 g/mol. The third-order valence-corrected chi connectivity index (χ3v) is 7.22. The second-order valence-electron chi connectivity index (χ2n) is 10.1. The first kappa shape index (κ1) is 27.2. The summed E-state index contributed by atoms with van der Waals surface area (Å²) in [7, 11) is 0. The molecule has 39 heavy (non-hydrogen) atoms. The molecule has 0 radical (unpaired) electrons. The molecule has 1 amide bonds. The van der Waals surface area contributed by atoms with Gasteiger partial charge >= 0.3 is 6.18 Å². The van der Waals surface area contributed by atoms with Crippen molar-refractivity contribution >= 4 is 34.3 Å². The highest BCUT2D eigenvalue weighted by molar-refractivity contribution is 6.15. The molecule has 13 heteroatoms. The van der Waals surface area contributed by atoms with Crippen LogP contribution in [0.3, 0.4) is 0 Å². The number of halogens is 3. The van der Waals surface area contributed by atoms with Gasteiger partial charge in [-0.1, -0.05) is 0 Å². The van der Waals surface area contributed by atoms with Crippen LogP contribution in [0.2, 0.25) is 0 Å². The van der Waals surface area contributed by atoms with Gasteiger partial charge in [0, 0.05) is 44.6 Å². The number of nitrogen functional groups attached to an aromatic ring is 1. The highest BCUT2D eigenvalue weighted by Gasteiger charge is 2.44. The van der Waals surface area contributed by atoms with Crippen LogP contribution in [-0.2, 0) is 11.2 Å². The number of aryl methyl sites for hydroxylation is 1. The number of hydrogen-bond acceptors (Lipinski definition) is 9. The van der Waals surface area contributed by atoms with Crippen LogP contribution in [0, 0.1) is 5.92 Å². The zero-order valence-corrected chi connectivity index (χ0v) is 21.4. The van der Waals surface area contributed by atoms with Gasteiger partial charge in [-0.3, -0.25) is 19.7 Å². The van der Waals surface area contributed by atoms with E-state index in [1.54, 1.807) is 12.3 Å². The average Bonchev–Trinajstić information content (AvgIpc) is 3.23. The van der Waals surface area contributed by atoms with Gasteiger partial charge in [0.15, 0.2) is 5.58 Å². The lowest BCUT2D eigenvalue weighted by Gasteiger charge is -2.39. The third-order valence-electron chi connectivity index (χ3n) is 7.22. The van der Waals surface area contributed by atoms with Gasteiger partial charge in [0.2, 0.25) is 5.88 Å². The molecule has 2 saturated heterocycles. The Balaban J connectivity index is 1.30. The summed E-state index contributed by atoms with van der Waals surface area (Å²) in [4.78, 5) is 25.7. The number of rotatable bonds is 7. The Kier molecular flexibility index (Phi) is 7.91. The van der Waals surface area contributed by atoms with E-state index in [-0.39, 0.29) is 36.6 Å². The summed E-state index contributed by atoms with van der Waals surface area (Å²) in [5, 5.41) is 2.74. The number of alkyl halides is 3. The highest BCUT2D eigenvalue weighted by Crippen LogP contribution is 2.37. The number of carbonyl (C=O) groups excluding carboxylic acids is 1. The molecule has 210 valence electrons. The maximum Gasteiger partial charge on any atom is 0.393 e. The summed E-state index contributed by atoms with van der Waals surface area (Å²) < 4.78 is 51.5. The van der Waals surface area contributed by atoms with Crippen LogP contribution in [-0.4, -0.2) is 78.9 Å². The molecule has 2 aliphatic rings. The Bertz CT molecular complexity index is 1310.